The van der Waals surface area contributed by atoms with Gasteiger partial charge in [0.15, 0.2) is 0 Å². The van der Waals surface area contributed by atoms with Crippen LogP contribution in [0, 0.1) is 20.8 Å². The van der Waals surface area contributed by atoms with E-state index in [1.807, 2.05) is 31.1 Å². The van der Waals surface area contributed by atoms with E-state index in [-0.39, 0.29) is 0 Å². The SMILES string of the molecule is Cc1c(C)n(C)c2ncncc12.Cc1cn(C)c2ncncc12. The van der Waals surface area contributed by atoms with E-state index in [4.69, 9.17) is 0 Å². The van der Waals surface area contributed by atoms with Gasteiger partial charge in [-0.2, -0.15) is 0 Å². The lowest BCUT2D eigenvalue weighted by Gasteiger charge is -1.95. The Kier molecular flexibility index (Phi) is 3.82. The van der Waals surface area contributed by atoms with Gasteiger partial charge in [-0.15, -0.1) is 0 Å². The highest BCUT2D eigenvalue weighted by molar-refractivity contribution is 5.80. The number of rotatable bonds is 0. The van der Waals surface area contributed by atoms with E-state index in [2.05, 4.69) is 51.5 Å². The molecular weight excluding hydrogens is 288 g/mol. The van der Waals surface area contributed by atoms with Crippen LogP contribution in [0.4, 0.5) is 0 Å². The van der Waals surface area contributed by atoms with Crippen molar-refractivity contribution in [3.8, 4) is 0 Å². The summed E-state index contributed by atoms with van der Waals surface area (Å²) in [5.74, 6) is 0. The Morgan fingerprint density at radius 1 is 0.826 bits per heavy atom. The second-order valence-corrected chi connectivity index (χ2v) is 5.71. The molecule has 0 aliphatic heterocycles. The third-order valence-corrected chi connectivity index (χ3v) is 4.30. The molecule has 0 atom stereocenters. The highest BCUT2D eigenvalue weighted by atomic mass is 15.0. The van der Waals surface area contributed by atoms with E-state index in [0.29, 0.717) is 0 Å². The maximum atomic E-state index is 4.21. The number of aromatic nitrogens is 6. The summed E-state index contributed by atoms with van der Waals surface area (Å²) < 4.78 is 4.10. The van der Waals surface area contributed by atoms with Gasteiger partial charge in [-0.1, -0.05) is 0 Å². The van der Waals surface area contributed by atoms with Crippen molar-refractivity contribution >= 4 is 22.1 Å². The van der Waals surface area contributed by atoms with Gasteiger partial charge in [-0.3, -0.25) is 0 Å². The third kappa shape index (κ3) is 2.56. The summed E-state index contributed by atoms with van der Waals surface area (Å²) in [4.78, 5) is 16.3. The maximum Gasteiger partial charge on any atom is 0.143 e. The molecule has 23 heavy (non-hydrogen) atoms. The molecule has 0 N–H and O–H groups in total. The summed E-state index contributed by atoms with van der Waals surface area (Å²) in [6.07, 6.45) is 8.92. The molecule has 118 valence electrons. The Morgan fingerprint density at radius 2 is 1.43 bits per heavy atom. The van der Waals surface area contributed by atoms with Crippen LogP contribution in [0.3, 0.4) is 0 Å². The molecule has 0 spiro atoms. The fourth-order valence-corrected chi connectivity index (χ4v) is 2.76. The van der Waals surface area contributed by atoms with Crippen molar-refractivity contribution in [2.75, 3.05) is 0 Å². The number of hydrogen-bond acceptors (Lipinski definition) is 4. The van der Waals surface area contributed by atoms with Crippen LogP contribution in [0.25, 0.3) is 22.1 Å². The van der Waals surface area contributed by atoms with Crippen molar-refractivity contribution in [3.05, 3.63) is 48.1 Å². The maximum absolute atomic E-state index is 4.21. The van der Waals surface area contributed by atoms with Crippen molar-refractivity contribution in [1.82, 2.24) is 29.1 Å². The summed E-state index contributed by atoms with van der Waals surface area (Å²) >= 11 is 0. The molecule has 0 aliphatic carbocycles. The van der Waals surface area contributed by atoms with Crippen LogP contribution in [0.15, 0.2) is 31.2 Å². The van der Waals surface area contributed by atoms with E-state index < -0.39 is 0 Å². The summed E-state index contributed by atoms with van der Waals surface area (Å²) in [5.41, 5.74) is 5.76. The van der Waals surface area contributed by atoms with E-state index in [1.54, 1.807) is 12.7 Å². The van der Waals surface area contributed by atoms with Crippen molar-refractivity contribution < 1.29 is 0 Å². The fourth-order valence-electron chi connectivity index (χ4n) is 2.76. The lowest BCUT2D eigenvalue weighted by molar-refractivity contribution is 0.893. The molecule has 6 nitrogen and oxygen atoms in total. The normalized spacial score (nSPS) is 10.8. The Hall–Kier alpha value is -2.76. The van der Waals surface area contributed by atoms with Crippen LogP contribution in [0.5, 0.6) is 0 Å². The van der Waals surface area contributed by atoms with Crippen LogP contribution in [0.2, 0.25) is 0 Å². The minimum atomic E-state index is 0.998. The molecule has 0 fully saturated rings. The molecule has 0 aliphatic rings. The minimum Gasteiger partial charge on any atom is -0.335 e. The van der Waals surface area contributed by atoms with E-state index >= 15 is 0 Å². The number of nitrogens with zero attached hydrogens (tertiary/aromatic N) is 6. The van der Waals surface area contributed by atoms with Gasteiger partial charge in [0.2, 0.25) is 0 Å². The second kappa shape index (κ2) is 5.79. The van der Waals surface area contributed by atoms with Crippen molar-refractivity contribution in [3.63, 3.8) is 0 Å². The molecule has 0 bridgehead atoms. The van der Waals surface area contributed by atoms with Gasteiger partial charge in [0.1, 0.15) is 23.9 Å². The van der Waals surface area contributed by atoms with Gasteiger partial charge >= 0.3 is 0 Å². The molecule has 0 aromatic carbocycles. The molecular formula is C17H20N6. The zero-order valence-electron chi connectivity index (χ0n) is 14.1. The van der Waals surface area contributed by atoms with Crippen molar-refractivity contribution in [1.29, 1.82) is 0 Å². The zero-order chi connectivity index (χ0) is 16.6. The standard InChI is InChI=1S/C9H11N3.C8H9N3/c1-6-7(2)12(3)9-8(6)4-10-5-11-9;1-6-4-11(2)8-7(6)3-9-5-10-8/h4-5H,1-3H3;3-5H,1-2H3. The second-order valence-electron chi connectivity index (χ2n) is 5.71. The average molecular weight is 308 g/mol. The lowest BCUT2D eigenvalue weighted by Crippen LogP contribution is -1.91. The van der Waals surface area contributed by atoms with Gasteiger partial charge in [0, 0.05) is 49.2 Å². The Balaban J connectivity index is 0.000000136. The summed E-state index contributed by atoms with van der Waals surface area (Å²) in [5, 5.41) is 2.28. The van der Waals surface area contributed by atoms with Crippen LogP contribution in [-0.2, 0) is 14.1 Å². The largest absolute Gasteiger partial charge is 0.335 e. The van der Waals surface area contributed by atoms with E-state index in [9.17, 15) is 0 Å². The highest BCUT2D eigenvalue weighted by Gasteiger charge is 2.07. The summed E-state index contributed by atoms with van der Waals surface area (Å²) in [6, 6.07) is 0. The first-order valence-electron chi connectivity index (χ1n) is 7.44. The van der Waals surface area contributed by atoms with Crippen LogP contribution in [0.1, 0.15) is 16.8 Å². The molecule has 4 heterocycles. The molecule has 4 aromatic rings. The topological polar surface area (TPSA) is 61.4 Å². The van der Waals surface area contributed by atoms with E-state index in [0.717, 1.165) is 22.1 Å². The summed E-state index contributed by atoms with van der Waals surface area (Å²) in [6.45, 7) is 6.25. The molecule has 0 amide bonds. The monoisotopic (exact) mass is 308 g/mol. The first-order valence-corrected chi connectivity index (χ1v) is 7.44. The van der Waals surface area contributed by atoms with E-state index in [1.165, 1.54) is 16.8 Å². The van der Waals surface area contributed by atoms with Crippen molar-refractivity contribution in [2.24, 2.45) is 14.1 Å². The average Bonchev–Trinajstić information content (AvgIpc) is 2.99. The highest BCUT2D eigenvalue weighted by Crippen LogP contribution is 2.20. The van der Waals surface area contributed by atoms with Crippen LogP contribution < -0.4 is 0 Å². The molecule has 0 saturated carbocycles. The molecule has 6 heteroatoms. The smallest absolute Gasteiger partial charge is 0.143 e. The molecule has 0 saturated heterocycles. The molecule has 4 aromatic heterocycles. The van der Waals surface area contributed by atoms with Crippen LogP contribution >= 0.6 is 0 Å². The number of hydrogen-bond donors (Lipinski definition) is 0. The number of fused-ring (bicyclic) bond motifs is 2. The Morgan fingerprint density at radius 3 is 2.04 bits per heavy atom. The minimum absolute atomic E-state index is 0.998. The van der Waals surface area contributed by atoms with Gasteiger partial charge in [0.25, 0.3) is 0 Å². The predicted octanol–water partition coefficient (Wildman–Crippen LogP) is 2.86. The van der Waals surface area contributed by atoms with Gasteiger partial charge < -0.3 is 9.13 Å². The molecule has 0 unspecified atom stereocenters. The Bertz CT molecular complexity index is 904. The summed E-state index contributed by atoms with van der Waals surface area (Å²) in [7, 11) is 4.01. The van der Waals surface area contributed by atoms with Gasteiger partial charge in [-0.05, 0) is 31.9 Å². The molecule has 0 radical (unpaired) electrons. The third-order valence-electron chi connectivity index (χ3n) is 4.30. The van der Waals surface area contributed by atoms with Gasteiger partial charge in [0.05, 0.1) is 0 Å². The first-order chi connectivity index (χ1) is 11.0. The lowest BCUT2D eigenvalue weighted by atomic mass is 10.2. The quantitative estimate of drug-likeness (QED) is 0.501. The number of aryl methyl sites for hydroxylation is 4. The molecule has 4 rings (SSSR count). The van der Waals surface area contributed by atoms with Crippen molar-refractivity contribution in [2.45, 2.75) is 20.8 Å². The van der Waals surface area contributed by atoms with Gasteiger partial charge in [-0.25, -0.2) is 19.9 Å². The first kappa shape index (κ1) is 15.1. The predicted molar refractivity (Wildman–Crippen MR) is 91.2 cm³/mol. The Labute approximate surface area is 134 Å². The van der Waals surface area contributed by atoms with Crippen LogP contribution in [-0.4, -0.2) is 29.1 Å². The fraction of sp³-hybridized carbons (Fsp3) is 0.294. The zero-order valence-corrected chi connectivity index (χ0v) is 14.1.